The van der Waals surface area contributed by atoms with E-state index in [1.807, 2.05) is 19.1 Å². The van der Waals surface area contributed by atoms with Gasteiger partial charge in [-0.1, -0.05) is 27.5 Å². The van der Waals surface area contributed by atoms with Gasteiger partial charge in [0.05, 0.1) is 5.52 Å². The average Bonchev–Trinajstić information content (AvgIpc) is 2.31. The second kappa shape index (κ2) is 2.75. The van der Waals surface area contributed by atoms with Crippen LogP contribution in [0.25, 0.3) is 10.9 Å². The highest BCUT2D eigenvalue weighted by Crippen LogP contribution is 2.27. The third kappa shape index (κ3) is 1.13. The molecule has 1 aromatic carbocycles. The highest BCUT2D eigenvalue weighted by atomic mass is 79.9. The quantitative estimate of drug-likeness (QED) is 0.758. The summed E-state index contributed by atoms with van der Waals surface area (Å²) in [6.45, 7) is 2.01. The number of aryl methyl sites for hydroxylation is 1. The third-order valence-corrected chi connectivity index (χ3v) is 2.50. The van der Waals surface area contributed by atoms with Crippen LogP contribution in [0.2, 0.25) is 5.15 Å². The van der Waals surface area contributed by atoms with Crippen LogP contribution in [0.5, 0.6) is 0 Å². The first-order chi connectivity index (χ1) is 5.68. The molecule has 62 valence electrons. The molecule has 0 aliphatic rings. The first-order valence-electron chi connectivity index (χ1n) is 3.48. The number of halogens is 2. The fourth-order valence-corrected chi connectivity index (χ4v) is 2.11. The smallest absolute Gasteiger partial charge is 0.132 e. The Morgan fingerprint density at radius 1 is 1.50 bits per heavy atom. The predicted molar refractivity (Wildman–Crippen MR) is 53.5 cm³/mol. The SMILES string of the molecule is Cc1cc(Br)cc2n[nH]c(Cl)c12. The molecule has 0 amide bonds. The summed E-state index contributed by atoms with van der Waals surface area (Å²) in [6.07, 6.45) is 0. The van der Waals surface area contributed by atoms with E-state index < -0.39 is 0 Å². The van der Waals surface area contributed by atoms with Crippen LogP contribution in [0, 0.1) is 6.92 Å². The summed E-state index contributed by atoms with van der Waals surface area (Å²) in [4.78, 5) is 0. The number of benzene rings is 1. The fraction of sp³-hybridized carbons (Fsp3) is 0.125. The molecule has 1 heterocycles. The molecule has 1 aromatic heterocycles. The zero-order chi connectivity index (χ0) is 8.72. The highest BCUT2D eigenvalue weighted by Gasteiger charge is 2.06. The van der Waals surface area contributed by atoms with Crippen molar-refractivity contribution < 1.29 is 0 Å². The van der Waals surface area contributed by atoms with Crippen LogP contribution < -0.4 is 0 Å². The summed E-state index contributed by atoms with van der Waals surface area (Å²) in [6, 6.07) is 3.95. The van der Waals surface area contributed by atoms with Crippen molar-refractivity contribution in [3.05, 3.63) is 27.3 Å². The van der Waals surface area contributed by atoms with Crippen molar-refractivity contribution in [2.45, 2.75) is 6.92 Å². The fourth-order valence-electron chi connectivity index (χ4n) is 1.26. The van der Waals surface area contributed by atoms with Crippen molar-refractivity contribution in [1.82, 2.24) is 10.2 Å². The summed E-state index contributed by atoms with van der Waals surface area (Å²) in [5.41, 5.74) is 2.02. The molecular formula is C8H6BrClN2. The minimum absolute atomic E-state index is 0.606. The first-order valence-corrected chi connectivity index (χ1v) is 4.65. The largest absolute Gasteiger partial charge is 0.266 e. The van der Waals surface area contributed by atoms with Gasteiger partial charge in [0.15, 0.2) is 0 Å². The number of H-pyrrole nitrogens is 1. The summed E-state index contributed by atoms with van der Waals surface area (Å²) in [7, 11) is 0. The minimum Gasteiger partial charge on any atom is -0.266 e. The topological polar surface area (TPSA) is 28.7 Å². The van der Waals surface area contributed by atoms with Crippen LogP contribution in [0.3, 0.4) is 0 Å². The lowest BCUT2D eigenvalue weighted by Gasteiger charge is -1.96. The molecule has 0 aliphatic heterocycles. The zero-order valence-corrected chi connectivity index (χ0v) is 8.70. The van der Waals surface area contributed by atoms with E-state index in [-0.39, 0.29) is 0 Å². The van der Waals surface area contributed by atoms with Gasteiger partial charge in [-0.25, -0.2) is 0 Å². The van der Waals surface area contributed by atoms with Gasteiger partial charge in [-0.15, -0.1) is 0 Å². The first kappa shape index (κ1) is 8.08. The maximum absolute atomic E-state index is 5.90. The summed E-state index contributed by atoms with van der Waals surface area (Å²) in [5.74, 6) is 0. The van der Waals surface area contributed by atoms with Gasteiger partial charge >= 0.3 is 0 Å². The van der Waals surface area contributed by atoms with Gasteiger partial charge in [-0.2, -0.15) is 5.10 Å². The van der Waals surface area contributed by atoms with Crippen LogP contribution in [-0.4, -0.2) is 10.2 Å². The van der Waals surface area contributed by atoms with E-state index in [0.29, 0.717) is 5.15 Å². The number of aromatic amines is 1. The Hall–Kier alpha value is -0.540. The average molecular weight is 246 g/mol. The number of nitrogens with one attached hydrogen (secondary N) is 1. The van der Waals surface area contributed by atoms with E-state index in [1.165, 1.54) is 0 Å². The lowest BCUT2D eigenvalue weighted by molar-refractivity contribution is 1.12. The van der Waals surface area contributed by atoms with Crippen molar-refractivity contribution >= 4 is 38.4 Å². The molecule has 0 aliphatic carbocycles. The normalized spacial score (nSPS) is 10.9. The Morgan fingerprint density at radius 2 is 2.25 bits per heavy atom. The van der Waals surface area contributed by atoms with E-state index in [0.717, 1.165) is 20.9 Å². The molecule has 12 heavy (non-hydrogen) atoms. The maximum atomic E-state index is 5.90. The standard InChI is InChI=1S/C8H6BrClN2/c1-4-2-5(9)3-6-7(4)8(10)12-11-6/h2-3H,1H3,(H,11,12). The molecule has 4 heteroatoms. The Labute approximate surface area is 83.0 Å². The van der Waals surface area contributed by atoms with Gasteiger partial charge in [-0.05, 0) is 24.6 Å². The summed E-state index contributed by atoms with van der Waals surface area (Å²) >= 11 is 9.29. The second-order valence-electron chi connectivity index (χ2n) is 2.65. The molecule has 0 bridgehead atoms. The maximum Gasteiger partial charge on any atom is 0.132 e. The second-order valence-corrected chi connectivity index (χ2v) is 3.95. The molecule has 0 atom stereocenters. The third-order valence-electron chi connectivity index (χ3n) is 1.77. The van der Waals surface area contributed by atoms with Gasteiger partial charge < -0.3 is 0 Å². The van der Waals surface area contributed by atoms with Gasteiger partial charge in [0, 0.05) is 9.86 Å². The van der Waals surface area contributed by atoms with Gasteiger partial charge in [-0.3, -0.25) is 5.10 Å². The van der Waals surface area contributed by atoms with Crippen molar-refractivity contribution in [1.29, 1.82) is 0 Å². The molecule has 0 unspecified atom stereocenters. The Kier molecular flexibility index (Phi) is 1.85. The van der Waals surface area contributed by atoms with Crippen molar-refractivity contribution in [3.8, 4) is 0 Å². The monoisotopic (exact) mass is 244 g/mol. The number of nitrogens with zero attached hydrogens (tertiary/aromatic N) is 1. The molecular weight excluding hydrogens is 239 g/mol. The molecule has 0 spiro atoms. The van der Waals surface area contributed by atoms with Crippen LogP contribution in [-0.2, 0) is 0 Å². The number of rotatable bonds is 0. The van der Waals surface area contributed by atoms with Crippen molar-refractivity contribution in [3.63, 3.8) is 0 Å². The van der Waals surface area contributed by atoms with E-state index in [1.54, 1.807) is 0 Å². The Balaban J connectivity index is 2.93. The number of aromatic nitrogens is 2. The van der Waals surface area contributed by atoms with Crippen LogP contribution in [0.4, 0.5) is 0 Å². The van der Waals surface area contributed by atoms with E-state index in [2.05, 4.69) is 26.1 Å². The molecule has 0 radical (unpaired) electrons. The molecule has 0 saturated carbocycles. The molecule has 2 rings (SSSR count). The number of hydrogen-bond acceptors (Lipinski definition) is 1. The van der Waals surface area contributed by atoms with Crippen LogP contribution in [0.15, 0.2) is 16.6 Å². The van der Waals surface area contributed by atoms with Crippen molar-refractivity contribution in [2.75, 3.05) is 0 Å². The number of fused-ring (bicyclic) bond motifs is 1. The van der Waals surface area contributed by atoms with Gasteiger partial charge in [0.2, 0.25) is 0 Å². The van der Waals surface area contributed by atoms with Crippen LogP contribution in [0.1, 0.15) is 5.56 Å². The van der Waals surface area contributed by atoms with Gasteiger partial charge in [0.25, 0.3) is 0 Å². The van der Waals surface area contributed by atoms with Gasteiger partial charge in [0.1, 0.15) is 5.15 Å². The van der Waals surface area contributed by atoms with E-state index in [4.69, 9.17) is 11.6 Å². The lowest BCUT2D eigenvalue weighted by Crippen LogP contribution is -1.75. The molecule has 0 saturated heterocycles. The Morgan fingerprint density at radius 3 is 3.00 bits per heavy atom. The van der Waals surface area contributed by atoms with Crippen molar-refractivity contribution in [2.24, 2.45) is 0 Å². The zero-order valence-electron chi connectivity index (χ0n) is 6.36. The minimum atomic E-state index is 0.606. The summed E-state index contributed by atoms with van der Waals surface area (Å²) in [5, 5.41) is 8.40. The van der Waals surface area contributed by atoms with E-state index in [9.17, 15) is 0 Å². The number of hydrogen-bond donors (Lipinski definition) is 1. The lowest BCUT2D eigenvalue weighted by atomic mass is 10.1. The molecule has 0 fully saturated rings. The summed E-state index contributed by atoms with van der Waals surface area (Å²) < 4.78 is 1.02. The molecule has 1 N–H and O–H groups in total. The Bertz CT molecular complexity index is 436. The molecule has 2 aromatic rings. The molecule has 2 nitrogen and oxygen atoms in total. The van der Waals surface area contributed by atoms with E-state index >= 15 is 0 Å². The predicted octanol–water partition coefficient (Wildman–Crippen LogP) is 3.29. The highest BCUT2D eigenvalue weighted by molar-refractivity contribution is 9.10. The van der Waals surface area contributed by atoms with Crippen LogP contribution >= 0.6 is 27.5 Å².